The largest absolute Gasteiger partial charge is 0.480 e. The third kappa shape index (κ3) is 3.03. The summed E-state index contributed by atoms with van der Waals surface area (Å²) in [6.07, 6.45) is -0.0356. The van der Waals surface area contributed by atoms with E-state index in [0.29, 0.717) is 19.6 Å². The van der Waals surface area contributed by atoms with Gasteiger partial charge < -0.3 is 20.3 Å². The molecule has 0 bridgehead atoms. The summed E-state index contributed by atoms with van der Waals surface area (Å²) >= 11 is 0. The van der Waals surface area contributed by atoms with Gasteiger partial charge in [-0.15, -0.1) is 0 Å². The molecule has 5 heteroatoms. The van der Waals surface area contributed by atoms with Crippen LogP contribution in [-0.2, 0) is 20.7 Å². The molecule has 0 aromatic heterocycles. The second kappa shape index (κ2) is 5.27. The average molecular weight is 237 g/mol. The summed E-state index contributed by atoms with van der Waals surface area (Å²) in [5, 5.41) is 8.75. The lowest BCUT2D eigenvalue weighted by molar-refractivity contribution is -0.138. The van der Waals surface area contributed by atoms with Crippen LogP contribution in [0, 0.1) is 0 Å². The van der Waals surface area contributed by atoms with E-state index >= 15 is 0 Å². The highest BCUT2D eigenvalue weighted by Crippen LogP contribution is 2.24. The number of rotatable bonds is 4. The van der Waals surface area contributed by atoms with Crippen LogP contribution in [0.1, 0.15) is 17.4 Å². The molecule has 0 amide bonds. The van der Waals surface area contributed by atoms with Gasteiger partial charge in [0.05, 0.1) is 13.2 Å². The summed E-state index contributed by atoms with van der Waals surface area (Å²) in [6.45, 7) is 1.17. The monoisotopic (exact) mass is 237 g/mol. The van der Waals surface area contributed by atoms with Gasteiger partial charge >= 0.3 is 5.97 Å². The Bertz CT molecular complexity index is 401. The number of aliphatic carboxylic acids is 1. The van der Waals surface area contributed by atoms with Gasteiger partial charge in [0.15, 0.2) is 6.29 Å². The second-order valence-electron chi connectivity index (χ2n) is 3.97. The van der Waals surface area contributed by atoms with Gasteiger partial charge in [-0.25, -0.2) is 0 Å². The minimum atomic E-state index is -0.997. The topological polar surface area (TPSA) is 81.8 Å². The summed E-state index contributed by atoms with van der Waals surface area (Å²) < 4.78 is 10.8. The smallest absolute Gasteiger partial charge is 0.320 e. The molecular formula is C12H15NO4. The Kier molecular flexibility index (Phi) is 3.73. The molecular weight excluding hydrogens is 222 g/mol. The second-order valence-corrected chi connectivity index (χ2v) is 3.97. The van der Waals surface area contributed by atoms with E-state index in [-0.39, 0.29) is 6.29 Å². The van der Waals surface area contributed by atoms with Crippen LogP contribution in [0.2, 0.25) is 0 Å². The van der Waals surface area contributed by atoms with E-state index in [9.17, 15) is 4.79 Å². The van der Waals surface area contributed by atoms with E-state index in [1.807, 2.05) is 24.3 Å². The molecule has 0 aliphatic carbocycles. The Morgan fingerprint density at radius 2 is 2.18 bits per heavy atom. The summed E-state index contributed by atoms with van der Waals surface area (Å²) in [5.74, 6) is -0.997. The van der Waals surface area contributed by atoms with Crippen LogP contribution in [0.3, 0.4) is 0 Å². The Hall–Kier alpha value is -1.43. The first-order valence-corrected chi connectivity index (χ1v) is 5.47. The van der Waals surface area contributed by atoms with Crippen LogP contribution in [0.4, 0.5) is 0 Å². The van der Waals surface area contributed by atoms with E-state index in [2.05, 4.69) is 0 Å². The van der Waals surface area contributed by atoms with E-state index < -0.39 is 12.0 Å². The lowest BCUT2D eigenvalue weighted by Gasteiger charge is -2.12. The molecule has 17 heavy (non-hydrogen) atoms. The first-order valence-electron chi connectivity index (χ1n) is 5.47. The third-order valence-electron chi connectivity index (χ3n) is 2.62. The van der Waals surface area contributed by atoms with Crippen molar-refractivity contribution in [1.82, 2.24) is 0 Å². The molecule has 1 aromatic carbocycles. The van der Waals surface area contributed by atoms with Crippen molar-refractivity contribution in [3.63, 3.8) is 0 Å². The zero-order chi connectivity index (χ0) is 12.3. The van der Waals surface area contributed by atoms with Crippen LogP contribution < -0.4 is 5.73 Å². The van der Waals surface area contributed by atoms with E-state index in [1.165, 1.54) is 0 Å². The van der Waals surface area contributed by atoms with Crippen molar-refractivity contribution in [2.45, 2.75) is 18.8 Å². The predicted octanol–water partition coefficient (Wildman–Crippen LogP) is 0.686. The molecule has 1 heterocycles. The third-order valence-corrected chi connectivity index (χ3v) is 2.62. The van der Waals surface area contributed by atoms with Crippen molar-refractivity contribution in [3.8, 4) is 0 Å². The minimum Gasteiger partial charge on any atom is -0.480 e. The molecule has 1 aliphatic heterocycles. The molecule has 0 unspecified atom stereocenters. The first kappa shape index (κ1) is 12.0. The number of carboxylic acid groups (broad SMARTS) is 1. The van der Waals surface area contributed by atoms with Gasteiger partial charge in [-0.3, -0.25) is 4.79 Å². The van der Waals surface area contributed by atoms with Crippen LogP contribution >= 0.6 is 0 Å². The maximum Gasteiger partial charge on any atom is 0.320 e. The molecule has 0 saturated carbocycles. The van der Waals surface area contributed by atoms with Crippen molar-refractivity contribution in [2.24, 2.45) is 5.73 Å². The number of hydrogen-bond acceptors (Lipinski definition) is 4. The number of hydrogen-bond donors (Lipinski definition) is 2. The molecule has 1 saturated heterocycles. The fraction of sp³-hybridized carbons (Fsp3) is 0.417. The van der Waals surface area contributed by atoms with Crippen LogP contribution in [0.15, 0.2) is 24.3 Å². The zero-order valence-corrected chi connectivity index (χ0v) is 9.33. The van der Waals surface area contributed by atoms with Gasteiger partial charge in [0.25, 0.3) is 0 Å². The highest BCUT2D eigenvalue weighted by molar-refractivity contribution is 5.73. The van der Waals surface area contributed by atoms with Gasteiger partial charge in [-0.2, -0.15) is 0 Å². The number of benzene rings is 1. The normalized spacial score (nSPS) is 18.2. The molecule has 0 radical (unpaired) electrons. The lowest BCUT2D eigenvalue weighted by atomic mass is 10.0. The van der Waals surface area contributed by atoms with Gasteiger partial charge in [0.2, 0.25) is 0 Å². The Labute approximate surface area is 99.1 Å². The molecule has 5 nitrogen and oxygen atoms in total. The van der Waals surface area contributed by atoms with Crippen molar-refractivity contribution < 1.29 is 19.4 Å². The minimum absolute atomic E-state index is 0.301. The van der Waals surface area contributed by atoms with E-state index in [0.717, 1.165) is 11.1 Å². The zero-order valence-electron chi connectivity index (χ0n) is 9.33. The summed E-state index contributed by atoms with van der Waals surface area (Å²) in [4.78, 5) is 10.7. The van der Waals surface area contributed by atoms with Crippen molar-refractivity contribution in [1.29, 1.82) is 0 Å². The van der Waals surface area contributed by atoms with Crippen molar-refractivity contribution in [3.05, 3.63) is 35.4 Å². The predicted molar refractivity (Wildman–Crippen MR) is 60.4 cm³/mol. The van der Waals surface area contributed by atoms with Gasteiger partial charge in [0.1, 0.15) is 6.04 Å². The summed E-state index contributed by atoms with van der Waals surface area (Å²) in [6, 6.07) is 6.59. The maximum atomic E-state index is 10.7. The number of nitrogens with two attached hydrogens (primary N) is 1. The molecule has 1 aliphatic rings. The quantitative estimate of drug-likeness (QED) is 0.805. The Morgan fingerprint density at radius 1 is 1.47 bits per heavy atom. The molecule has 92 valence electrons. The first-order chi connectivity index (χ1) is 8.16. The Balaban J connectivity index is 2.08. The van der Waals surface area contributed by atoms with E-state index in [4.69, 9.17) is 20.3 Å². The number of carbonyl (C=O) groups is 1. The van der Waals surface area contributed by atoms with Crippen LogP contribution in [0.5, 0.6) is 0 Å². The van der Waals surface area contributed by atoms with Crippen LogP contribution in [0.25, 0.3) is 0 Å². The molecule has 0 spiro atoms. The maximum absolute atomic E-state index is 10.7. The van der Waals surface area contributed by atoms with E-state index in [1.54, 1.807) is 0 Å². The molecule has 1 atom stereocenters. The summed E-state index contributed by atoms with van der Waals surface area (Å²) in [5.41, 5.74) is 7.26. The Morgan fingerprint density at radius 3 is 2.82 bits per heavy atom. The molecule has 1 fully saturated rings. The fourth-order valence-corrected chi connectivity index (χ4v) is 1.76. The molecule has 2 rings (SSSR count). The van der Waals surface area contributed by atoms with Crippen LogP contribution in [-0.4, -0.2) is 30.3 Å². The van der Waals surface area contributed by atoms with Gasteiger partial charge in [0, 0.05) is 5.56 Å². The highest BCUT2D eigenvalue weighted by atomic mass is 16.7. The van der Waals surface area contributed by atoms with Crippen molar-refractivity contribution >= 4 is 5.97 Å². The fourth-order valence-electron chi connectivity index (χ4n) is 1.76. The highest BCUT2D eigenvalue weighted by Gasteiger charge is 2.19. The number of ether oxygens (including phenoxy) is 2. The van der Waals surface area contributed by atoms with Crippen molar-refractivity contribution in [2.75, 3.05) is 13.2 Å². The molecule has 3 N–H and O–H groups in total. The van der Waals surface area contributed by atoms with Gasteiger partial charge in [-0.05, 0) is 12.0 Å². The lowest BCUT2D eigenvalue weighted by Crippen LogP contribution is -2.32. The molecule has 1 aromatic rings. The van der Waals surface area contributed by atoms with Gasteiger partial charge in [-0.1, -0.05) is 24.3 Å². The SMILES string of the molecule is N[C@@H](Cc1cccc(C2OCCO2)c1)C(=O)O. The average Bonchev–Trinajstić information content (AvgIpc) is 2.82. The summed E-state index contributed by atoms with van der Waals surface area (Å²) in [7, 11) is 0. The standard InChI is InChI=1S/C12H15NO4/c13-10(11(14)15)7-8-2-1-3-9(6-8)12-16-4-5-17-12/h1-3,6,10,12H,4-5,7,13H2,(H,14,15)/t10-/m0/s1. The number of carboxylic acids is 1.